The molecule has 0 bridgehead atoms. The van der Waals surface area contributed by atoms with Crippen LogP contribution >= 0.6 is 0 Å². The van der Waals surface area contributed by atoms with E-state index < -0.39 is 13.7 Å². The molecule has 1 fully saturated rings. The molecular formula is C23H34O4Si. The second kappa shape index (κ2) is 8.61. The Labute approximate surface area is 171 Å². The summed E-state index contributed by atoms with van der Waals surface area (Å²) in [5.74, 6) is 4.46. The molecule has 0 N–H and O–H groups in total. The fourth-order valence-corrected chi connectivity index (χ4v) is 3.38. The first-order valence-corrected chi connectivity index (χ1v) is 13.6. The van der Waals surface area contributed by atoms with E-state index in [1.54, 1.807) is 20.8 Å². The molecular weight excluding hydrogens is 368 g/mol. The lowest BCUT2D eigenvalue weighted by molar-refractivity contribution is -0.158. The van der Waals surface area contributed by atoms with E-state index in [-0.39, 0.29) is 11.4 Å². The number of hydrogen-bond acceptors (Lipinski definition) is 4. The molecule has 0 atom stereocenters. The standard InChI is InChI=1S/C23H34O4Si/c1-8-25-21(24)22(3,4)27-20-12-9-11-19(18(20)2)26-17-23(14-15-23)13-10-16-28(5,6)7/h9,11-12H,8,13-15,17H2,1-7H3. The molecule has 154 valence electrons. The zero-order valence-electron chi connectivity index (χ0n) is 18.4. The van der Waals surface area contributed by atoms with Gasteiger partial charge >= 0.3 is 5.97 Å². The van der Waals surface area contributed by atoms with E-state index >= 15 is 0 Å². The summed E-state index contributed by atoms with van der Waals surface area (Å²) in [5, 5.41) is 0. The third kappa shape index (κ3) is 6.30. The Morgan fingerprint density at radius 1 is 1.21 bits per heavy atom. The van der Waals surface area contributed by atoms with Gasteiger partial charge in [0.15, 0.2) is 5.60 Å². The monoisotopic (exact) mass is 402 g/mol. The van der Waals surface area contributed by atoms with Crippen molar-refractivity contribution < 1.29 is 19.0 Å². The van der Waals surface area contributed by atoms with Crippen molar-refractivity contribution in [2.45, 2.75) is 72.2 Å². The molecule has 1 aliphatic rings. The largest absolute Gasteiger partial charge is 0.493 e. The molecule has 1 aromatic carbocycles. The van der Waals surface area contributed by atoms with Gasteiger partial charge in [-0.3, -0.25) is 0 Å². The van der Waals surface area contributed by atoms with Crippen LogP contribution in [0.3, 0.4) is 0 Å². The van der Waals surface area contributed by atoms with Crippen LogP contribution in [0, 0.1) is 23.8 Å². The Morgan fingerprint density at radius 3 is 2.43 bits per heavy atom. The fourth-order valence-electron chi connectivity index (χ4n) is 2.76. The number of rotatable bonds is 8. The first-order chi connectivity index (χ1) is 13.0. The minimum atomic E-state index is -1.33. The first-order valence-electron chi connectivity index (χ1n) is 10.1. The van der Waals surface area contributed by atoms with Gasteiger partial charge in [0.2, 0.25) is 0 Å². The molecule has 1 aliphatic carbocycles. The molecule has 5 heteroatoms. The molecule has 1 aromatic rings. The molecule has 4 nitrogen and oxygen atoms in total. The zero-order valence-corrected chi connectivity index (χ0v) is 19.4. The van der Waals surface area contributed by atoms with Crippen LogP contribution in [-0.4, -0.2) is 32.9 Å². The summed E-state index contributed by atoms with van der Waals surface area (Å²) in [6.07, 6.45) is 3.24. The average molecular weight is 403 g/mol. The van der Waals surface area contributed by atoms with E-state index in [9.17, 15) is 4.79 Å². The third-order valence-corrected chi connectivity index (χ3v) is 5.71. The topological polar surface area (TPSA) is 44.8 Å². The van der Waals surface area contributed by atoms with Gasteiger partial charge in [-0.05, 0) is 52.7 Å². The lowest BCUT2D eigenvalue weighted by atomic mass is 10.0. The summed E-state index contributed by atoms with van der Waals surface area (Å²) in [4.78, 5) is 12.1. The van der Waals surface area contributed by atoms with Crippen molar-refractivity contribution in [2.75, 3.05) is 13.2 Å². The highest BCUT2D eigenvalue weighted by Gasteiger charge is 2.43. The molecule has 0 heterocycles. The fraction of sp³-hybridized carbons (Fsp3) is 0.609. The van der Waals surface area contributed by atoms with Crippen LogP contribution in [0.15, 0.2) is 18.2 Å². The maximum Gasteiger partial charge on any atom is 0.349 e. The molecule has 0 aromatic heterocycles. The lowest BCUT2D eigenvalue weighted by Gasteiger charge is -2.26. The van der Waals surface area contributed by atoms with Crippen molar-refractivity contribution in [3.05, 3.63) is 23.8 Å². The quantitative estimate of drug-likeness (QED) is 0.343. The van der Waals surface area contributed by atoms with Gasteiger partial charge in [-0.15, -0.1) is 11.5 Å². The van der Waals surface area contributed by atoms with Gasteiger partial charge in [0, 0.05) is 17.4 Å². The molecule has 0 unspecified atom stereocenters. The highest BCUT2D eigenvalue weighted by molar-refractivity contribution is 6.83. The first kappa shape index (κ1) is 22.4. The molecule has 1 saturated carbocycles. The molecule has 0 spiro atoms. The maximum atomic E-state index is 12.1. The van der Waals surface area contributed by atoms with Gasteiger partial charge in [0.05, 0.1) is 13.2 Å². The second-order valence-electron chi connectivity index (χ2n) is 9.23. The number of benzene rings is 1. The Balaban J connectivity index is 2.03. The summed E-state index contributed by atoms with van der Waals surface area (Å²) >= 11 is 0. The Morgan fingerprint density at radius 2 is 1.86 bits per heavy atom. The van der Waals surface area contributed by atoms with Gasteiger partial charge < -0.3 is 14.2 Å². The third-order valence-electron chi connectivity index (χ3n) is 4.78. The van der Waals surface area contributed by atoms with Gasteiger partial charge in [0.1, 0.15) is 19.6 Å². The van der Waals surface area contributed by atoms with Crippen molar-refractivity contribution in [3.63, 3.8) is 0 Å². The SMILES string of the molecule is CCOC(=O)C(C)(C)Oc1cccc(OCC2(CC#C[Si](C)(C)C)CC2)c1C. The molecule has 0 aliphatic heterocycles. The second-order valence-corrected chi connectivity index (χ2v) is 14.0. The van der Waals surface area contributed by atoms with Crippen molar-refractivity contribution in [3.8, 4) is 23.0 Å². The van der Waals surface area contributed by atoms with E-state index in [1.165, 1.54) is 12.8 Å². The Hall–Kier alpha value is -1.93. The normalized spacial score (nSPS) is 15.2. The van der Waals surface area contributed by atoms with Crippen LogP contribution in [0.25, 0.3) is 0 Å². The average Bonchev–Trinajstić information content (AvgIpc) is 3.34. The number of hydrogen-bond donors (Lipinski definition) is 0. The van der Waals surface area contributed by atoms with Crippen LogP contribution in [-0.2, 0) is 9.53 Å². The maximum absolute atomic E-state index is 12.1. The number of esters is 1. The highest BCUT2D eigenvalue weighted by Crippen LogP contribution is 2.49. The van der Waals surface area contributed by atoms with Crippen molar-refractivity contribution in [1.29, 1.82) is 0 Å². The van der Waals surface area contributed by atoms with Crippen LogP contribution in [0.5, 0.6) is 11.5 Å². The van der Waals surface area contributed by atoms with E-state index in [1.807, 2.05) is 25.1 Å². The Bertz CT molecular complexity index is 761. The number of ether oxygens (including phenoxy) is 3. The van der Waals surface area contributed by atoms with Crippen molar-refractivity contribution in [1.82, 2.24) is 0 Å². The zero-order chi connectivity index (χ0) is 21.0. The highest BCUT2D eigenvalue weighted by atomic mass is 28.3. The van der Waals surface area contributed by atoms with E-state index in [0.717, 1.165) is 17.7 Å². The van der Waals surface area contributed by atoms with Crippen LogP contribution in [0.2, 0.25) is 19.6 Å². The van der Waals surface area contributed by atoms with Crippen LogP contribution in [0.1, 0.15) is 45.6 Å². The van der Waals surface area contributed by atoms with Crippen molar-refractivity contribution >= 4 is 14.0 Å². The van der Waals surface area contributed by atoms with Gasteiger partial charge in [-0.2, -0.15) is 0 Å². The van der Waals surface area contributed by atoms with E-state index in [2.05, 4.69) is 31.1 Å². The summed E-state index contributed by atoms with van der Waals surface area (Å²) in [6.45, 7) is 15.0. The molecule has 0 amide bonds. The van der Waals surface area contributed by atoms with Gasteiger partial charge in [0.25, 0.3) is 0 Å². The smallest absolute Gasteiger partial charge is 0.349 e. The molecule has 28 heavy (non-hydrogen) atoms. The number of carbonyl (C=O) groups excluding carboxylic acids is 1. The molecule has 0 radical (unpaired) electrons. The Kier molecular flexibility index (Phi) is 6.87. The predicted octanol–water partition coefficient (Wildman–Crippen LogP) is 5.15. The lowest BCUT2D eigenvalue weighted by Crippen LogP contribution is -2.39. The minimum Gasteiger partial charge on any atom is -0.493 e. The summed E-state index contributed by atoms with van der Waals surface area (Å²) in [7, 11) is -1.33. The molecule has 2 rings (SSSR count). The summed E-state index contributed by atoms with van der Waals surface area (Å²) < 4.78 is 17.2. The summed E-state index contributed by atoms with van der Waals surface area (Å²) in [5.41, 5.74) is 3.49. The van der Waals surface area contributed by atoms with E-state index in [4.69, 9.17) is 14.2 Å². The predicted molar refractivity (Wildman–Crippen MR) is 115 cm³/mol. The van der Waals surface area contributed by atoms with E-state index in [0.29, 0.717) is 19.0 Å². The molecule has 0 saturated heterocycles. The summed E-state index contributed by atoms with van der Waals surface area (Å²) in [6, 6.07) is 5.70. The van der Waals surface area contributed by atoms with Crippen LogP contribution < -0.4 is 9.47 Å². The van der Waals surface area contributed by atoms with Gasteiger partial charge in [-0.25, -0.2) is 4.79 Å². The van der Waals surface area contributed by atoms with Gasteiger partial charge in [-0.1, -0.05) is 25.7 Å². The minimum absolute atomic E-state index is 0.195. The van der Waals surface area contributed by atoms with Crippen LogP contribution in [0.4, 0.5) is 0 Å². The number of carbonyl (C=O) groups is 1. The van der Waals surface area contributed by atoms with Crippen molar-refractivity contribution in [2.24, 2.45) is 5.41 Å².